The highest BCUT2D eigenvalue weighted by molar-refractivity contribution is 5.38. The van der Waals surface area contributed by atoms with Crippen molar-refractivity contribution < 1.29 is 14.3 Å². The van der Waals surface area contributed by atoms with Crippen LogP contribution in [0.5, 0.6) is 5.75 Å². The van der Waals surface area contributed by atoms with Crippen molar-refractivity contribution in [1.82, 2.24) is 0 Å². The number of rotatable bonds is 6. The minimum absolute atomic E-state index is 0.262. The number of furan rings is 1. The third-order valence-corrected chi connectivity index (χ3v) is 3.50. The number of methoxy groups -OCH3 is 1. The van der Waals surface area contributed by atoms with Crippen molar-refractivity contribution in [2.75, 3.05) is 13.7 Å². The number of para-hydroxylation sites is 1. The molecule has 0 amide bonds. The van der Waals surface area contributed by atoms with Crippen molar-refractivity contribution in [3.63, 3.8) is 0 Å². The van der Waals surface area contributed by atoms with E-state index in [1.54, 1.807) is 7.11 Å². The Hall–Kier alpha value is -1.78. The van der Waals surface area contributed by atoms with Gasteiger partial charge in [0.1, 0.15) is 23.4 Å². The molecular weight excluding hydrogens is 254 g/mol. The predicted molar refractivity (Wildman–Crippen MR) is 77.8 cm³/mol. The molecule has 1 heterocycles. The van der Waals surface area contributed by atoms with Crippen LogP contribution in [0.1, 0.15) is 36.0 Å². The highest BCUT2D eigenvalue weighted by Gasteiger charge is 2.26. The maximum absolute atomic E-state index is 10.5. The number of aryl methyl sites for hydroxylation is 1. The number of nitrogens with two attached hydrogens (primary N) is 1. The standard InChI is InChI=1S/C16H21NO3/c1-3-11-8-9-15(20-11)16(18)13(10-17)12-6-4-5-7-14(12)19-2/h4-9,13,16,18H,3,10,17H2,1-2H3. The van der Waals surface area contributed by atoms with Crippen molar-refractivity contribution in [1.29, 1.82) is 0 Å². The van der Waals surface area contributed by atoms with Gasteiger partial charge in [0.25, 0.3) is 0 Å². The van der Waals surface area contributed by atoms with E-state index < -0.39 is 6.10 Å². The molecule has 108 valence electrons. The second-order valence-corrected chi connectivity index (χ2v) is 4.69. The molecule has 2 aromatic rings. The molecular formula is C16H21NO3. The monoisotopic (exact) mass is 275 g/mol. The van der Waals surface area contributed by atoms with Crippen molar-refractivity contribution in [2.24, 2.45) is 5.73 Å². The summed E-state index contributed by atoms with van der Waals surface area (Å²) >= 11 is 0. The van der Waals surface area contributed by atoms with Gasteiger partial charge in [-0.3, -0.25) is 0 Å². The lowest BCUT2D eigenvalue weighted by Gasteiger charge is -2.22. The van der Waals surface area contributed by atoms with Gasteiger partial charge in [-0.15, -0.1) is 0 Å². The Bertz CT molecular complexity index is 550. The summed E-state index contributed by atoms with van der Waals surface area (Å²) in [5.74, 6) is 1.87. The number of hydrogen-bond donors (Lipinski definition) is 2. The molecule has 1 aromatic carbocycles. The van der Waals surface area contributed by atoms with Gasteiger partial charge in [0.2, 0.25) is 0 Å². The van der Waals surface area contributed by atoms with Gasteiger partial charge in [0.05, 0.1) is 7.11 Å². The second kappa shape index (κ2) is 6.59. The molecule has 0 aliphatic rings. The van der Waals surface area contributed by atoms with Crippen LogP contribution in [-0.4, -0.2) is 18.8 Å². The van der Waals surface area contributed by atoms with Crippen molar-refractivity contribution in [3.05, 3.63) is 53.5 Å². The lowest BCUT2D eigenvalue weighted by Crippen LogP contribution is -2.20. The van der Waals surface area contributed by atoms with Crippen LogP contribution < -0.4 is 10.5 Å². The molecule has 0 aliphatic heterocycles. The molecule has 20 heavy (non-hydrogen) atoms. The molecule has 0 radical (unpaired) electrons. The van der Waals surface area contributed by atoms with Gasteiger partial charge in [-0.05, 0) is 18.2 Å². The molecule has 0 saturated carbocycles. The zero-order chi connectivity index (χ0) is 14.5. The topological polar surface area (TPSA) is 68.6 Å². The van der Waals surface area contributed by atoms with Crippen LogP contribution in [-0.2, 0) is 6.42 Å². The maximum atomic E-state index is 10.5. The number of aliphatic hydroxyl groups is 1. The normalized spacial score (nSPS) is 14.0. The molecule has 0 fully saturated rings. The Morgan fingerprint density at radius 1 is 1.25 bits per heavy atom. The summed E-state index contributed by atoms with van der Waals surface area (Å²) in [4.78, 5) is 0. The van der Waals surface area contributed by atoms with Gasteiger partial charge in [-0.2, -0.15) is 0 Å². The SMILES string of the molecule is CCc1ccc(C(O)C(CN)c2ccccc2OC)o1. The quantitative estimate of drug-likeness (QED) is 0.850. The Morgan fingerprint density at radius 2 is 2.00 bits per heavy atom. The summed E-state index contributed by atoms with van der Waals surface area (Å²) in [6, 6.07) is 11.3. The zero-order valence-electron chi connectivity index (χ0n) is 11.9. The number of benzene rings is 1. The van der Waals surface area contributed by atoms with Gasteiger partial charge < -0.3 is 20.0 Å². The smallest absolute Gasteiger partial charge is 0.133 e. The number of aliphatic hydroxyl groups excluding tert-OH is 1. The highest BCUT2D eigenvalue weighted by Crippen LogP contribution is 2.35. The van der Waals surface area contributed by atoms with Crippen LogP contribution in [0.15, 0.2) is 40.8 Å². The first-order valence-corrected chi connectivity index (χ1v) is 6.80. The van der Waals surface area contributed by atoms with Crippen molar-refractivity contribution in [3.8, 4) is 5.75 Å². The number of hydrogen-bond acceptors (Lipinski definition) is 4. The molecule has 0 bridgehead atoms. The summed E-state index contributed by atoms with van der Waals surface area (Å²) in [7, 11) is 1.61. The molecule has 4 heteroatoms. The summed E-state index contributed by atoms with van der Waals surface area (Å²) in [5.41, 5.74) is 6.74. The lowest BCUT2D eigenvalue weighted by molar-refractivity contribution is 0.119. The third-order valence-electron chi connectivity index (χ3n) is 3.50. The van der Waals surface area contributed by atoms with Crippen LogP contribution in [0.3, 0.4) is 0 Å². The van der Waals surface area contributed by atoms with E-state index in [2.05, 4.69) is 0 Å². The van der Waals surface area contributed by atoms with E-state index >= 15 is 0 Å². The lowest BCUT2D eigenvalue weighted by atomic mass is 9.91. The molecule has 2 atom stereocenters. The minimum Gasteiger partial charge on any atom is -0.496 e. The van der Waals surface area contributed by atoms with Crippen molar-refractivity contribution in [2.45, 2.75) is 25.4 Å². The second-order valence-electron chi connectivity index (χ2n) is 4.69. The van der Waals surface area contributed by atoms with Gasteiger partial charge >= 0.3 is 0 Å². The molecule has 2 unspecified atom stereocenters. The van der Waals surface area contributed by atoms with Crippen molar-refractivity contribution >= 4 is 0 Å². The average Bonchev–Trinajstić information content (AvgIpc) is 2.97. The van der Waals surface area contributed by atoms with E-state index in [1.165, 1.54) is 0 Å². The highest BCUT2D eigenvalue weighted by atomic mass is 16.5. The Kier molecular flexibility index (Phi) is 4.82. The summed E-state index contributed by atoms with van der Waals surface area (Å²) < 4.78 is 11.0. The van der Waals surface area contributed by atoms with Crippen LogP contribution >= 0.6 is 0 Å². The van der Waals surface area contributed by atoms with Crippen LogP contribution in [0, 0.1) is 0 Å². The van der Waals surface area contributed by atoms with E-state index in [-0.39, 0.29) is 5.92 Å². The first-order chi connectivity index (χ1) is 9.71. The first-order valence-electron chi connectivity index (χ1n) is 6.80. The Labute approximate surface area is 119 Å². The van der Waals surface area contributed by atoms with Crippen LogP contribution in [0.2, 0.25) is 0 Å². The van der Waals surface area contributed by atoms with Gasteiger partial charge in [0, 0.05) is 24.4 Å². The predicted octanol–water partition coefficient (Wildman–Crippen LogP) is 2.63. The maximum Gasteiger partial charge on any atom is 0.133 e. The fourth-order valence-electron chi connectivity index (χ4n) is 2.34. The van der Waals surface area contributed by atoms with E-state index in [9.17, 15) is 5.11 Å². The van der Waals surface area contributed by atoms with Crippen LogP contribution in [0.25, 0.3) is 0 Å². The molecule has 1 aromatic heterocycles. The Balaban J connectivity index is 2.31. The van der Waals surface area contributed by atoms with Gasteiger partial charge in [-0.1, -0.05) is 25.1 Å². The molecule has 3 N–H and O–H groups in total. The van der Waals surface area contributed by atoms with Gasteiger partial charge in [0.15, 0.2) is 0 Å². The fourth-order valence-corrected chi connectivity index (χ4v) is 2.34. The summed E-state index contributed by atoms with van der Waals surface area (Å²) in [6.45, 7) is 2.32. The van der Waals surface area contributed by atoms with E-state index in [1.807, 2.05) is 43.3 Å². The molecule has 0 aliphatic carbocycles. The Morgan fingerprint density at radius 3 is 2.60 bits per heavy atom. The van der Waals surface area contributed by atoms with Crippen LogP contribution in [0.4, 0.5) is 0 Å². The fraction of sp³-hybridized carbons (Fsp3) is 0.375. The summed E-state index contributed by atoms with van der Waals surface area (Å²) in [6.07, 6.45) is 0.0193. The van der Waals surface area contributed by atoms with E-state index in [0.29, 0.717) is 12.3 Å². The average molecular weight is 275 g/mol. The largest absolute Gasteiger partial charge is 0.496 e. The van der Waals surface area contributed by atoms with Gasteiger partial charge in [-0.25, -0.2) is 0 Å². The molecule has 4 nitrogen and oxygen atoms in total. The van der Waals surface area contributed by atoms with E-state index in [0.717, 1.165) is 23.5 Å². The number of ether oxygens (including phenoxy) is 1. The molecule has 0 saturated heterocycles. The first kappa shape index (κ1) is 14.6. The summed E-state index contributed by atoms with van der Waals surface area (Å²) in [5, 5.41) is 10.5. The zero-order valence-corrected chi connectivity index (χ0v) is 11.9. The molecule has 0 spiro atoms. The molecule has 2 rings (SSSR count). The minimum atomic E-state index is -0.781. The van der Waals surface area contributed by atoms with E-state index in [4.69, 9.17) is 14.9 Å². The third kappa shape index (κ3) is 2.86.